The first-order chi connectivity index (χ1) is 13.2. The quantitative estimate of drug-likeness (QED) is 0.382. The van der Waals surface area contributed by atoms with Crippen molar-refractivity contribution in [3.05, 3.63) is 65.1 Å². The summed E-state index contributed by atoms with van der Waals surface area (Å²) >= 11 is 3.59. The van der Waals surface area contributed by atoms with Crippen LogP contribution in [-0.4, -0.2) is 21.1 Å². The maximum absolute atomic E-state index is 6.19. The average Bonchev–Trinajstić information content (AvgIpc) is 2.76. The fourth-order valence-electron chi connectivity index (χ4n) is 3.89. The first-order valence-electron chi connectivity index (χ1n) is 9.22. The van der Waals surface area contributed by atoms with Crippen molar-refractivity contribution in [3.63, 3.8) is 0 Å². The molecule has 0 saturated heterocycles. The molecule has 0 saturated carbocycles. The lowest BCUT2D eigenvalue weighted by Crippen LogP contribution is -2.03. The molecule has 5 rings (SSSR count). The number of hydrogen-bond donors (Lipinski definition) is 0. The predicted molar refractivity (Wildman–Crippen MR) is 118 cm³/mol. The Kier molecular flexibility index (Phi) is 4.09. The van der Waals surface area contributed by atoms with Crippen molar-refractivity contribution in [2.75, 3.05) is 13.2 Å². The van der Waals surface area contributed by atoms with Crippen LogP contribution in [0, 0.1) is 0 Å². The average molecular weight is 417 g/mol. The number of rotatable bonds is 0. The van der Waals surface area contributed by atoms with Crippen LogP contribution in [0.25, 0.3) is 32.7 Å². The highest BCUT2D eigenvalue weighted by Crippen LogP contribution is 2.46. The Morgan fingerprint density at radius 2 is 1.30 bits per heavy atom. The van der Waals surface area contributed by atoms with E-state index in [1.807, 2.05) is 0 Å². The van der Waals surface area contributed by atoms with E-state index in [4.69, 9.17) is 9.47 Å². The zero-order valence-corrected chi connectivity index (χ0v) is 16.7. The molecule has 0 aliphatic carbocycles. The van der Waals surface area contributed by atoms with E-state index >= 15 is 0 Å². The number of benzene rings is 4. The van der Waals surface area contributed by atoms with Gasteiger partial charge in [0.1, 0.15) is 19.3 Å². The van der Waals surface area contributed by atoms with Gasteiger partial charge in [0.05, 0.1) is 13.2 Å². The molecule has 4 aromatic carbocycles. The van der Waals surface area contributed by atoms with Crippen LogP contribution in [0.2, 0.25) is 0 Å². The van der Waals surface area contributed by atoms with E-state index in [-0.39, 0.29) is 0 Å². The minimum absolute atomic E-state index is 0.653. The second kappa shape index (κ2) is 6.61. The van der Waals surface area contributed by atoms with Crippen molar-refractivity contribution in [1.82, 2.24) is 0 Å². The second-order valence-electron chi connectivity index (χ2n) is 7.02. The van der Waals surface area contributed by atoms with Crippen molar-refractivity contribution in [2.24, 2.45) is 0 Å². The Morgan fingerprint density at radius 1 is 0.704 bits per heavy atom. The third-order valence-electron chi connectivity index (χ3n) is 5.13. The molecule has 1 heterocycles. The van der Waals surface area contributed by atoms with E-state index < -0.39 is 0 Å². The molecule has 1 aliphatic heterocycles. The predicted octanol–water partition coefficient (Wildman–Crippen LogP) is 4.84. The molecule has 0 fully saturated rings. The lowest BCUT2D eigenvalue weighted by atomic mass is 9.88. The van der Waals surface area contributed by atoms with Gasteiger partial charge in [0.25, 0.3) is 0 Å². The molecular weight excluding hydrogens is 399 g/mol. The molecule has 2 nitrogen and oxygen atoms in total. The standard InChI is InChI=1S/C23H18BBrO2/c24-16-4-6-18-14(12-16)2-8-20-22(18)23-19-7-5-17(25)13-15(19)3-9-21(23)27-11-1-10-26-20/h2-9,12-13H,1,10-11,24H2. The maximum Gasteiger partial charge on any atom is 0.139 e. The monoisotopic (exact) mass is 416 g/mol. The first-order valence-corrected chi connectivity index (χ1v) is 10.0. The fraction of sp³-hybridized carbons (Fsp3) is 0.130. The lowest BCUT2D eigenvalue weighted by molar-refractivity contribution is 0.252. The van der Waals surface area contributed by atoms with Crippen molar-refractivity contribution in [1.29, 1.82) is 0 Å². The van der Waals surface area contributed by atoms with Gasteiger partial charge in [-0.15, -0.1) is 0 Å². The van der Waals surface area contributed by atoms with Gasteiger partial charge in [-0.25, -0.2) is 0 Å². The Hall–Kier alpha value is -2.46. The molecule has 0 amide bonds. The van der Waals surface area contributed by atoms with Crippen LogP contribution < -0.4 is 14.9 Å². The minimum Gasteiger partial charge on any atom is -0.493 e. The molecular formula is C23H18BBrO2. The number of hydrogen-bond acceptors (Lipinski definition) is 2. The summed E-state index contributed by atoms with van der Waals surface area (Å²) in [6.45, 7) is 1.31. The highest BCUT2D eigenvalue weighted by atomic mass is 79.9. The summed E-state index contributed by atoms with van der Waals surface area (Å²) in [5.74, 6) is 1.85. The SMILES string of the molecule is Bc1ccc2c3c(ccc2c1)OCCCOc1ccc2cc(Br)ccc2c1-3. The van der Waals surface area contributed by atoms with Gasteiger partial charge in [0.15, 0.2) is 0 Å². The largest absolute Gasteiger partial charge is 0.493 e. The zero-order valence-electron chi connectivity index (χ0n) is 15.1. The van der Waals surface area contributed by atoms with Crippen molar-refractivity contribution in [3.8, 4) is 22.6 Å². The van der Waals surface area contributed by atoms with Gasteiger partial charge in [-0.3, -0.25) is 0 Å². The topological polar surface area (TPSA) is 18.5 Å². The Morgan fingerprint density at radius 3 is 1.96 bits per heavy atom. The normalized spacial score (nSPS) is 13.7. The van der Waals surface area contributed by atoms with E-state index in [9.17, 15) is 0 Å². The molecule has 0 unspecified atom stereocenters. The summed E-state index contributed by atoms with van der Waals surface area (Å²) < 4.78 is 13.4. The highest BCUT2D eigenvalue weighted by Gasteiger charge is 2.20. The molecule has 27 heavy (non-hydrogen) atoms. The van der Waals surface area contributed by atoms with Crippen LogP contribution in [0.4, 0.5) is 0 Å². The number of fused-ring (bicyclic) bond motifs is 7. The van der Waals surface area contributed by atoms with Crippen LogP contribution in [0.5, 0.6) is 11.5 Å². The van der Waals surface area contributed by atoms with Crippen molar-refractivity contribution in [2.45, 2.75) is 6.42 Å². The summed E-state index contributed by atoms with van der Waals surface area (Å²) in [6.07, 6.45) is 0.864. The Labute approximate surface area is 167 Å². The molecule has 1 aliphatic rings. The summed E-state index contributed by atoms with van der Waals surface area (Å²) in [6, 6.07) is 21.5. The highest BCUT2D eigenvalue weighted by molar-refractivity contribution is 9.10. The van der Waals surface area contributed by atoms with Crippen LogP contribution in [0.1, 0.15) is 6.42 Å². The summed E-state index contributed by atoms with van der Waals surface area (Å²) in [7, 11) is 2.13. The molecule has 132 valence electrons. The fourth-order valence-corrected chi connectivity index (χ4v) is 4.27. The van der Waals surface area contributed by atoms with E-state index in [0.29, 0.717) is 13.2 Å². The molecule has 0 N–H and O–H groups in total. The molecule has 0 bridgehead atoms. The molecule has 0 atom stereocenters. The van der Waals surface area contributed by atoms with Crippen LogP contribution in [0.3, 0.4) is 0 Å². The second-order valence-corrected chi connectivity index (χ2v) is 7.93. The van der Waals surface area contributed by atoms with Crippen LogP contribution in [-0.2, 0) is 0 Å². The zero-order chi connectivity index (χ0) is 18.4. The first kappa shape index (κ1) is 16.7. The lowest BCUT2D eigenvalue weighted by Gasteiger charge is -2.18. The Bertz CT molecular complexity index is 1090. The molecule has 4 aromatic rings. The summed E-state index contributed by atoms with van der Waals surface area (Å²) in [5.41, 5.74) is 3.49. The number of halogens is 1. The molecule has 0 radical (unpaired) electrons. The number of ether oxygens (including phenoxy) is 2. The van der Waals surface area contributed by atoms with Crippen LogP contribution >= 0.6 is 15.9 Å². The van der Waals surface area contributed by atoms with Gasteiger partial charge in [0.2, 0.25) is 0 Å². The van der Waals surface area contributed by atoms with Gasteiger partial charge < -0.3 is 9.47 Å². The van der Waals surface area contributed by atoms with E-state index in [1.54, 1.807) is 0 Å². The van der Waals surface area contributed by atoms with E-state index in [0.717, 1.165) is 33.5 Å². The Balaban J connectivity index is 1.94. The van der Waals surface area contributed by atoms with E-state index in [2.05, 4.69) is 84.4 Å². The summed E-state index contributed by atoms with van der Waals surface area (Å²) in [4.78, 5) is 0. The van der Waals surface area contributed by atoms with Crippen LogP contribution in [0.15, 0.2) is 65.1 Å². The van der Waals surface area contributed by atoms with Crippen molar-refractivity contribution < 1.29 is 9.47 Å². The molecule has 4 heteroatoms. The maximum atomic E-state index is 6.19. The molecule has 0 spiro atoms. The van der Waals surface area contributed by atoms with Gasteiger partial charge in [0, 0.05) is 22.0 Å². The smallest absolute Gasteiger partial charge is 0.139 e. The summed E-state index contributed by atoms with van der Waals surface area (Å²) in [5, 5.41) is 4.77. The van der Waals surface area contributed by atoms with Crippen molar-refractivity contribution >= 4 is 50.8 Å². The van der Waals surface area contributed by atoms with Gasteiger partial charge in [-0.05, 0) is 45.8 Å². The third-order valence-corrected chi connectivity index (χ3v) is 5.63. The van der Waals surface area contributed by atoms with Gasteiger partial charge >= 0.3 is 0 Å². The minimum atomic E-state index is 0.653. The third kappa shape index (κ3) is 2.89. The molecule has 0 aromatic heterocycles. The van der Waals surface area contributed by atoms with Gasteiger partial charge in [-0.1, -0.05) is 57.8 Å². The van der Waals surface area contributed by atoms with Gasteiger partial charge in [-0.2, -0.15) is 0 Å². The van der Waals surface area contributed by atoms with E-state index in [1.165, 1.54) is 27.0 Å².